The van der Waals surface area contributed by atoms with Crippen LogP contribution in [0.4, 0.5) is 5.69 Å². The molecule has 33 heavy (non-hydrogen) atoms. The van der Waals surface area contributed by atoms with Gasteiger partial charge >= 0.3 is 4.87 Å². The number of carbonyl (C=O) groups is 2. The summed E-state index contributed by atoms with van der Waals surface area (Å²) in [7, 11) is 0. The Bertz CT molecular complexity index is 1260. The molecule has 0 aliphatic carbocycles. The third-order valence-electron chi connectivity index (χ3n) is 6.50. The number of hydrazine groups is 1. The van der Waals surface area contributed by atoms with Gasteiger partial charge in [0.05, 0.1) is 15.9 Å². The topological polar surface area (TPSA) is 74.7 Å². The van der Waals surface area contributed by atoms with Crippen molar-refractivity contribution in [1.82, 2.24) is 14.9 Å². The molecule has 3 aromatic rings. The van der Waals surface area contributed by atoms with Crippen molar-refractivity contribution in [3.63, 3.8) is 0 Å². The first-order valence-electron chi connectivity index (χ1n) is 11.2. The maximum absolute atomic E-state index is 12.9. The summed E-state index contributed by atoms with van der Waals surface area (Å²) in [6.45, 7) is 1.80. The van der Waals surface area contributed by atoms with Crippen LogP contribution in [-0.2, 0) is 22.6 Å². The Labute approximate surface area is 200 Å². The lowest BCUT2D eigenvalue weighted by atomic mass is 9.96. The number of fused-ring (bicyclic) bond motifs is 2. The number of thiazole rings is 1. The molecule has 0 spiro atoms. The van der Waals surface area contributed by atoms with Gasteiger partial charge in [-0.1, -0.05) is 41.1 Å². The van der Waals surface area contributed by atoms with E-state index in [2.05, 4.69) is 11.5 Å². The zero-order chi connectivity index (χ0) is 22.9. The minimum atomic E-state index is -0.170. The number of aryl methyl sites for hydroxylation is 1. The third-order valence-corrected chi connectivity index (χ3v) is 7.69. The number of benzene rings is 2. The number of carbonyl (C=O) groups excluding carboxylic acids is 2. The number of aromatic nitrogens is 1. The van der Waals surface area contributed by atoms with Crippen LogP contribution in [-0.4, -0.2) is 40.9 Å². The Morgan fingerprint density at radius 3 is 2.70 bits per heavy atom. The summed E-state index contributed by atoms with van der Waals surface area (Å²) in [6.07, 6.45) is 3.25. The Morgan fingerprint density at radius 2 is 1.88 bits per heavy atom. The maximum Gasteiger partial charge on any atom is 0.308 e. The lowest BCUT2D eigenvalue weighted by molar-refractivity contribution is -0.136. The van der Waals surface area contributed by atoms with Crippen molar-refractivity contribution in [3.05, 3.63) is 62.7 Å². The Balaban J connectivity index is 1.19. The van der Waals surface area contributed by atoms with Crippen LogP contribution >= 0.6 is 22.9 Å². The van der Waals surface area contributed by atoms with Gasteiger partial charge in [-0.3, -0.25) is 29.4 Å². The number of hydrogen-bond donors (Lipinski definition) is 1. The minimum Gasteiger partial charge on any atom is -0.341 e. The van der Waals surface area contributed by atoms with E-state index in [0.717, 1.165) is 41.1 Å². The second-order valence-corrected chi connectivity index (χ2v) is 10.0. The Kier molecular flexibility index (Phi) is 6.12. The summed E-state index contributed by atoms with van der Waals surface area (Å²) in [6, 6.07) is 13.4. The van der Waals surface area contributed by atoms with Gasteiger partial charge in [0.2, 0.25) is 11.8 Å². The highest BCUT2D eigenvalue weighted by Crippen LogP contribution is 2.26. The van der Waals surface area contributed by atoms with Gasteiger partial charge in [0.25, 0.3) is 0 Å². The molecule has 0 unspecified atom stereocenters. The molecule has 9 heteroatoms. The molecule has 7 nitrogen and oxygen atoms in total. The van der Waals surface area contributed by atoms with Gasteiger partial charge in [-0.25, -0.2) is 0 Å². The van der Waals surface area contributed by atoms with E-state index in [-0.39, 0.29) is 29.1 Å². The van der Waals surface area contributed by atoms with Crippen molar-refractivity contribution in [2.45, 2.75) is 32.2 Å². The van der Waals surface area contributed by atoms with Crippen LogP contribution in [0, 0.1) is 5.92 Å². The number of anilines is 1. The smallest absolute Gasteiger partial charge is 0.308 e. The number of halogens is 1. The van der Waals surface area contributed by atoms with Crippen LogP contribution in [0.1, 0.15) is 24.8 Å². The summed E-state index contributed by atoms with van der Waals surface area (Å²) in [4.78, 5) is 39.8. The monoisotopic (exact) mass is 484 g/mol. The van der Waals surface area contributed by atoms with E-state index in [9.17, 15) is 14.4 Å². The minimum absolute atomic E-state index is 0.00786. The summed E-state index contributed by atoms with van der Waals surface area (Å²) < 4.78 is 2.30. The van der Waals surface area contributed by atoms with Gasteiger partial charge in [0, 0.05) is 30.6 Å². The zero-order valence-electron chi connectivity index (χ0n) is 18.1. The Hall–Kier alpha value is -2.84. The molecule has 0 bridgehead atoms. The molecule has 2 aromatic carbocycles. The van der Waals surface area contributed by atoms with Gasteiger partial charge in [-0.15, -0.1) is 0 Å². The standard InChI is InChI=1S/C24H25ClN4O3S/c25-18-7-8-21-20(14-18)28(24(32)33-21)15-22(30)27-12-9-17(10-13-27)23(31)26-29-11-3-5-16-4-1-2-6-19(16)29/h1-2,4,6-8,14,17H,3,5,9-13,15H2,(H,26,31). The summed E-state index contributed by atoms with van der Waals surface area (Å²) in [5.41, 5.74) is 6.09. The van der Waals surface area contributed by atoms with Crippen molar-refractivity contribution in [2.75, 3.05) is 24.6 Å². The highest BCUT2D eigenvalue weighted by atomic mass is 35.5. The highest BCUT2D eigenvalue weighted by Gasteiger charge is 2.29. The van der Waals surface area contributed by atoms with Crippen LogP contribution in [0.3, 0.4) is 0 Å². The Morgan fingerprint density at radius 1 is 1.09 bits per heavy atom. The van der Waals surface area contributed by atoms with Crippen molar-refractivity contribution in [3.8, 4) is 0 Å². The first-order chi connectivity index (χ1) is 16.0. The first-order valence-corrected chi connectivity index (χ1v) is 12.4. The SMILES string of the molecule is O=C(NN1CCCc2ccccc21)C1CCN(C(=O)Cn2c(=O)sc3ccc(Cl)cc32)CC1. The molecule has 172 valence electrons. The molecule has 0 atom stereocenters. The van der Waals surface area contributed by atoms with Gasteiger partial charge in [0.15, 0.2) is 0 Å². The fourth-order valence-corrected chi connectivity index (χ4v) is 5.72. The van der Waals surface area contributed by atoms with E-state index >= 15 is 0 Å². The average molecular weight is 485 g/mol. The predicted octanol–water partition coefficient (Wildman–Crippen LogP) is 3.44. The molecule has 2 aliphatic rings. The highest BCUT2D eigenvalue weighted by molar-refractivity contribution is 7.16. The van der Waals surface area contributed by atoms with Crippen LogP contribution < -0.4 is 15.3 Å². The number of amides is 2. The van der Waals surface area contributed by atoms with Gasteiger partial charge in [-0.05, 0) is 55.5 Å². The van der Waals surface area contributed by atoms with E-state index in [1.54, 1.807) is 23.1 Å². The second kappa shape index (κ2) is 9.19. The maximum atomic E-state index is 12.9. The number of piperidine rings is 1. The number of hydrogen-bond acceptors (Lipinski definition) is 5. The number of nitrogens with zero attached hydrogens (tertiary/aromatic N) is 3. The molecular formula is C24H25ClN4O3S. The number of nitrogens with one attached hydrogen (secondary N) is 1. The number of para-hydroxylation sites is 1. The summed E-state index contributed by atoms with van der Waals surface area (Å²) in [5, 5.41) is 2.49. The molecule has 5 rings (SSSR count). The van der Waals surface area contributed by atoms with E-state index in [1.807, 2.05) is 23.2 Å². The first kappa shape index (κ1) is 22.0. The normalized spacial score (nSPS) is 16.6. The van der Waals surface area contributed by atoms with Crippen molar-refractivity contribution < 1.29 is 9.59 Å². The average Bonchev–Trinajstić information content (AvgIpc) is 3.13. The van der Waals surface area contributed by atoms with E-state index in [0.29, 0.717) is 36.5 Å². The molecule has 1 aromatic heterocycles. The molecule has 0 radical (unpaired) electrons. The van der Waals surface area contributed by atoms with Crippen molar-refractivity contribution in [2.24, 2.45) is 5.92 Å². The predicted molar refractivity (Wildman–Crippen MR) is 131 cm³/mol. The summed E-state index contributed by atoms with van der Waals surface area (Å²) in [5.74, 6) is -0.235. The molecule has 0 saturated carbocycles. The van der Waals surface area contributed by atoms with Crippen molar-refractivity contribution >= 4 is 50.7 Å². The fraction of sp³-hybridized carbons (Fsp3) is 0.375. The molecule has 1 fully saturated rings. The van der Waals surface area contributed by atoms with Crippen LogP contribution in [0.5, 0.6) is 0 Å². The lowest BCUT2D eigenvalue weighted by Crippen LogP contribution is -2.50. The quantitative estimate of drug-likeness (QED) is 0.615. The summed E-state index contributed by atoms with van der Waals surface area (Å²) >= 11 is 7.19. The molecule has 1 N–H and O–H groups in total. The van der Waals surface area contributed by atoms with Crippen LogP contribution in [0.25, 0.3) is 10.2 Å². The zero-order valence-corrected chi connectivity index (χ0v) is 19.7. The van der Waals surface area contributed by atoms with E-state index in [1.165, 1.54) is 10.1 Å². The van der Waals surface area contributed by atoms with Crippen LogP contribution in [0.2, 0.25) is 5.02 Å². The number of likely N-dealkylation sites (tertiary alicyclic amines) is 1. The van der Waals surface area contributed by atoms with E-state index < -0.39 is 0 Å². The van der Waals surface area contributed by atoms with Gasteiger partial charge in [0.1, 0.15) is 6.54 Å². The largest absolute Gasteiger partial charge is 0.341 e. The molecular weight excluding hydrogens is 460 g/mol. The second-order valence-electron chi connectivity index (χ2n) is 8.58. The van der Waals surface area contributed by atoms with Gasteiger partial charge in [-0.2, -0.15) is 0 Å². The van der Waals surface area contributed by atoms with Crippen LogP contribution in [0.15, 0.2) is 47.3 Å². The molecule has 3 heterocycles. The van der Waals surface area contributed by atoms with E-state index in [4.69, 9.17) is 11.6 Å². The lowest BCUT2D eigenvalue weighted by Gasteiger charge is -2.35. The number of rotatable bonds is 4. The molecule has 2 amide bonds. The van der Waals surface area contributed by atoms with Crippen molar-refractivity contribution in [1.29, 1.82) is 0 Å². The third kappa shape index (κ3) is 4.50. The molecule has 1 saturated heterocycles. The van der Waals surface area contributed by atoms with Gasteiger partial charge < -0.3 is 4.90 Å². The fourth-order valence-electron chi connectivity index (χ4n) is 4.69. The molecule has 2 aliphatic heterocycles.